The fraction of sp³-hybridized carbons (Fsp3) is 0.625. The lowest BCUT2D eigenvalue weighted by Crippen LogP contribution is -2.57. The quantitative estimate of drug-likeness (QED) is 0.541. The lowest BCUT2D eigenvalue weighted by atomic mass is 9.67. The molecule has 0 spiro atoms. The minimum Gasteiger partial charge on any atom is -0.507 e. The van der Waals surface area contributed by atoms with E-state index in [9.17, 15) is 24.6 Å². The van der Waals surface area contributed by atoms with E-state index in [1.807, 2.05) is 19.0 Å². The number of epoxide rings is 1. The molecule has 0 radical (unpaired) electrons. The fourth-order valence-corrected chi connectivity index (χ4v) is 6.12. The highest BCUT2D eigenvalue weighted by molar-refractivity contribution is 6.26. The van der Waals surface area contributed by atoms with Gasteiger partial charge in [0.1, 0.15) is 5.75 Å². The summed E-state index contributed by atoms with van der Waals surface area (Å²) in [5.74, 6) is -2.40. The van der Waals surface area contributed by atoms with Crippen molar-refractivity contribution in [3.8, 4) is 5.75 Å². The van der Waals surface area contributed by atoms with Crippen LogP contribution in [0, 0.1) is 0 Å². The van der Waals surface area contributed by atoms with Gasteiger partial charge >= 0.3 is 5.97 Å². The van der Waals surface area contributed by atoms with Crippen LogP contribution < -0.4 is 0 Å². The zero-order chi connectivity index (χ0) is 24.7. The third-order valence-corrected chi connectivity index (χ3v) is 7.88. The molecule has 1 aliphatic carbocycles. The smallest absolute Gasteiger partial charge is 0.305 e. The Bertz CT molecular complexity index is 1090. The first-order chi connectivity index (χ1) is 15.9. The van der Waals surface area contributed by atoms with Crippen LogP contribution in [0.25, 0.3) is 0 Å². The lowest BCUT2D eigenvalue weighted by molar-refractivity contribution is -0.143. The summed E-state index contributed by atoms with van der Waals surface area (Å²) < 4.78 is 17.6. The summed E-state index contributed by atoms with van der Waals surface area (Å²) in [4.78, 5) is 40.4. The van der Waals surface area contributed by atoms with Gasteiger partial charge < -0.3 is 34.4 Å². The van der Waals surface area contributed by atoms with Gasteiger partial charge in [-0.3, -0.25) is 14.4 Å². The van der Waals surface area contributed by atoms with Gasteiger partial charge in [-0.2, -0.15) is 0 Å². The molecular formula is C24H29NO9. The molecule has 184 valence electrons. The van der Waals surface area contributed by atoms with Crippen LogP contribution in [-0.2, 0) is 19.0 Å². The third-order valence-electron chi connectivity index (χ3n) is 7.88. The van der Waals surface area contributed by atoms with Crippen LogP contribution in [0.5, 0.6) is 5.75 Å². The maximum atomic E-state index is 13.7. The number of ether oxygens (including phenoxy) is 3. The molecule has 5 rings (SSSR count). The van der Waals surface area contributed by atoms with Crippen LogP contribution in [-0.4, -0.2) is 93.5 Å². The zero-order valence-corrected chi connectivity index (χ0v) is 19.5. The van der Waals surface area contributed by atoms with Gasteiger partial charge in [0.2, 0.25) is 5.78 Å². The van der Waals surface area contributed by atoms with Gasteiger partial charge in [0.15, 0.2) is 17.0 Å². The summed E-state index contributed by atoms with van der Waals surface area (Å²) in [6.45, 7) is 3.33. The minimum atomic E-state index is -1.58. The van der Waals surface area contributed by atoms with Crippen molar-refractivity contribution >= 4 is 17.5 Å². The van der Waals surface area contributed by atoms with Crippen LogP contribution >= 0.6 is 0 Å². The molecular weight excluding hydrogens is 446 g/mol. The van der Waals surface area contributed by atoms with Gasteiger partial charge in [0, 0.05) is 23.6 Å². The zero-order valence-electron chi connectivity index (χ0n) is 19.5. The number of aromatic hydroxyl groups is 1. The molecule has 3 N–H and O–H groups in total. The minimum absolute atomic E-state index is 0.0399. The third kappa shape index (κ3) is 2.96. The molecule has 10 heteroatoms. The van der Waals surface area contributed by atoms with Gasteiger partial charge in [-0.05, 0) is 40.4 Å². The molecule has 10 nitrogen and oxygen atoms in total. The van der Waals surface area contributed by atoms with Crippen molar-refractivity contribution in [3.05, 3.63) is 28.8 Å². The first-order valence-corrected chi connectivity index (χ1v) is 11.5. The number of carbonyl (C=O) groups is 3. The molecule has 3 aliphatic heterocycles. The summed E-state index contributed by atoms with van der Waals surface area (Å²) in [6.07, 6.45) is -3.40. The first-order valence-electron chi connectivity index (χ1n) is 11.5. The molecule has 1 aromatic rings. The number of likely N-dealkylation sites (N-methyl/N-ethyl adjacent to an activating group) is 1. The van der Waals surface area contributed by atoms with E-state index in [1.54, 1.807) is 19.9 Å². The van der Waals surface area contributed by atoms with Gasteiger partial charge in [0.05, 0.1) is 42.5 Å². The molecule has 0 bridgehead atoms. The van der Waals surface area contributed by atoms with Crippen molar-refractivity contribution in [2.24, 2.45) is 0 Å². The number of phenolic OH excluding ortho intramolecular Hbond substituents is 1. The number of ketones is 2. The number of carboxylic acid groups (broad SMARTS) is 1. The van der Waals surface area contributed by atoms with Crippen molar-refractivity contribution in [2.75, 3.05) is 14.1 Å². The first kappa shape index (κ1) is 23.4. The Hall–Kier alpha value is -2.37. The normalized spacial score (nSPS) is 41.0. The summed E-state index contributed by atoms with van der Waals surface area (Å²) in [5.41, 5.74) is -2.75. The lowest BCUT2D eigenvalue weighted by Gasteiger charge is -2.41. The molecule has 0 aromatic heterocycles. The number of nitrogens with zero attached hydrogens (tertiary/aromatic N) is 1. The van der Waals surface area contributed by atoms with Crippen LogP contribution in [0.3, 0.4) is 0 Å². The average molecular weight is 475 g/mol. The average Bonchev–Trinajstić information content (AvgIpc) is 3.46. The van der Waals surface area contributed by atoms with Crippen molar-refractivity contribution in [3.63, 3.8) is 0 Å². The summed E-state index contributed by atoms with van der Waals surface area (Å²) in [7, 11) is 3.70. The van der Waals surface area contributed by atoms with E-state index in [-0.39, 0.29) is 35.8 Å². The van der Waals surface area contributed by atoms with E-state index in [0.717, 1.165) is 0 Å². The van der Waals surface area contributed by atoms with Crippen molar-refractivity contribution < 1.29 is 43.9 Å². The Morgan fingerprint density at radius 3 is 2.53 bits per heavy atom. The van der Waals surface area contributed by atoms with E-state index >= 15 is 0 Å². The van der Waals surface area contributed by atoms with E-state index in [0.29, 0.717) is 12.0 Å². The van der Waals surface area contributed by atoms with Gasteiger partial charge in [-0.1, -0.05) is 6.07 Å². The highest BCUT2D eigenvalue weighted by Gasteiger charge is 2.85. The topological polar surface area (TPSA) is 146 Å². The summed E-state index contributed by atoms with van der Waals surface area (Å²) in [6, 6.07) is 2.85. The van der Waals surface area contributed by atoms with Crippen molar-refractivity contribution in [2.45, 2.75) is 80.9 Å². The molecule has 1 aromatic carbocycles. The highest BCUT2D eigenvalue weighted by Crippen LogP contribution is 2.64. The second-order valence-corrected chi connectivity index (χ2v) is 10.0. The molecule has 34 heavy (non-hydrogen) atoms. The number of hydrogen-bond acceptors (Lipinski definition) is 9. The molecule has 3 heterocycles. The van der Waals surface area contributed by atoms with Gasteiger partial charge in [0.25, 0.3) is 0 Å². The largest absolute Gasteiger partial charge is 0.507 e. The molecule has 4 aliphatic rings. The number of rotatable bonds is 4. The number of fused-ring (bicyclic) bond motifs is 1. The van der Waals surface area contributed by atoms with Gasteiger partial charge in [-0.15, -0.1) is 0 Å². The number of aliphatic carboxylic acids is 1. The van der Waals surface area contributed by atoms with E-state index in [2.05, 4.69) is 0 Å². The van der Waals surface area contributed by atoms with E-state index < -0.39 is 59.3 Å². The number of benzene rings is 1. The van der Waals surface area contributed by atoms with Crippen LogP contribution in [0.2, 0.25) is 0 Å². The predicted molar refractivity (Wildman–Crippen MR) is 116 cm³/mol. The van der Waals surface area contributed by atoms with E-state index in [1.165, 1.54) is 6.07 Å². The number of Topliss-reactive ketones (excluding diaryl/α,β-unsaturated/α-hetero) is 2. The molecule has 0 saturated carbocycles. The number of phenols is 1. The molecule has 3 fully saturated rings. The maximum Gasteiger partial charge on any atom is 0.305 e. The number of hydrogen-bond donors (Lipinski definition) is 3. The number of aliphatic hydroxyl groups is 1. The number of aliphatic hydroxyl groups excluding tert-OH is 1. The second-order valence-electron chi connectivity index (χ2n) is 10.0. The predicted octanol–water partition coefficient (Wildman–Crippen LogP) is 1.07. The Labute approximate surface area is 196 Å². The second kappa shape index (κ2) is 7.56. The highest BCUT2D eigenvalue weighted by atomic mass is 16.7. The Balaban J connectivity index is 1.53. The molecule has 8 atom stereocenters. The standard InChI is InChI=1S/C24H29NO9/c1-10-19(28)15(25(3)4)8-16(32-10)13-5-6-14-18(20(13)29)22(31)24-11(2)33-12(7-17(26)27)9-23(24,34-24)21(14)30/h5-6,10-12,15-16,19,28-29H,7-9H2,1-4H3,(H,26,27)/t10-,11+,12+,15-,16-,19-,23?,24?/m1/s1. The maximum absolute atomic E-state index is 13.7. The van der Waals surface area contributed by atoms with Gasteiger partial charge in [-0.25, -0.2) is 0 Å². The number of carboxylic acids is 1. The van der Waals surface area contributed by atoms with E-state index in [4.69, 9.17) is 19.3 Å². The fourth-order valence-electron chi connectivity index (χ4n) is 6.12. The molecule has 0 amide bonds. The van der Waals surface area contributed by atoms with Crippen LogP contribution in [0.15, 0.2) is 12.1 Å². The van der Waals surface area contributed by atoms with Crippen molar-refractivity contribution in [1.29, 1.82) is 0 Å². The Morgan fingerprint density at radius 1 is 1.18 bits per heavy atom. The van der Waals surface area contributed by atoms with Crippen LogP contribution in [0.1, 0.15) is 65.5 Å². The number of carbonyl (C=O) groups excluding carboxylic acids is 2. The Morgan fingerprint density at radius 2 is 1.88 bits per heavy atom. The van der Waals surface area contributed by atoms with Crippen LogP contribution in [0.4, 0.5) is 0 Å². The molecule has 2 unspecified atom stereocenters. The monoisotopic (exact) mass is 475 g/mol. The molecule has 3 saturated heterocycles. The van der Waals surface area contributed by atoms with Crippen molar-refractivity contribution in [1.82, 2.24) is 4.90 Å². The summed E-state index contributed by atoms with van der Waals surface area (Å²) in [5, 5.41) is 30.9. The summed E-state index contributed by atoms with van der Waals surface area (Å²) >= 11 is 0. The SMILES string of the molecule is C[C@@H]1O[C@@H](CC(=O)O)CC23OC12C(=O)c1c(ccc([C@H]2C[C@@H](N(C)C)[C@H](O)[C@@H](C)O2)c1O)C3=O. The Kier molecular flexibility index (Phi) is 5.20.